The highest BCUT2D eigenvalue weighted by Gasteiger charge is 2.41. The predicted molar refractivity (Wildman–Crippen MR) is 80.2 cm³/mol. The Morgan fingerprint density at radius 1 is 1.30 bits per heavy atom. The molecule has 20 heavy (non-hydrogen) atoms. The lowest BCUT2D eigenvalue weighted by atomic mass is 9.90. The fraction of sp³-hybridized carbons (Fsp3) is 0.647. The van der Waals surface area contributed by atoms with E-state index in [2.05, 4.69) is 24.1 Å². The van der Waals surface area contributed by atoms with Crippen molar-refractivity contribution in [2.75, 3.05) is 13.1 Å². The third kappa shape index (κ3) is 2.49. The molecule has 0 aromatic heterocycles. The van der Waals surface area contributed by atoms with Crippen LogP contribution in [-0.2, 0) is 0 Å². The number of rotatable bonds is 2. The number of nitrogens with one attached hydrogen (secondary N) is 1. The van der Waals surface area contributed by atoms with Gasteiger partial charge in [-0.25, -0.2) is 4.39 Å². The molecule has 0 amide bonds. The molecule has 1 aromatic carbocycles. The summed E-state index contributed by atoms with van der Waals surface area (Å²) in [5.74, 6) is -0.0776. The smallest absolute Gasteiger partial charge is 0.127 e. The van der Waals surface area contributed by atoms with Crippen molar-refractivity contribution < 1.29 is 4.39 Å². The summed E-state index contributed by atoms with van der Waals surface area (Å²) in [6, 6.07) is 7.81. The van der Waals surface area contributed by atoms with Crippen molar-refractivity contribution in [2.24, 2.45) is 0 Å². The summed E-state index contributed by atoms with van der Waals surface area (Å²) in [5.41, 5.74) is 1.11. The first kappa shape index (κ1) is 14.0. The summed E-state index contributed by atoms with van der Waals surface area (Å²) in [6.45, 7) is 6.44. The lowest BCUT2D eigenvalue weighted by Gasteiger charge is -2.48. The normalized spacial score (nSPS) is 27.9. The fourth-order valence-corrected chi connectivity index (χ4v) is 3.94. The highest BCUT2D eigenvalue weighted by atomic mass is 19.1. The van der Waals surface area contributed by atoms with Gasteiger partial charge in [0.25, 0.3) is 0 Å². The number of nitrogens with zero attached hydrogens (tertiary/aromatic N) is 1. The molecule has 2 fully saturated rings. The average Bonchev–Trinajstić information content (AvgIpc) is 2.90. The number of benzene rings is 1. The van der Waals surface area contributed by atoms with Gasteiger partial charge in [0.2, 0.25) is 0 Å². The molecule has 3 heteroatoms. The van der Waals surface area contributed by atoms with Crippen molar-refractivity contribution >= 4 is 0 Å². The van der Waals surface area contributed by atoms with Crippen LogP contribution in [0.1, 0.15) is 51.1 Å². The van der Waals surface area contributed by atoms with Crippen LogP contribution in [0, 0.1) is 5.82 Å². The van der Waals surface area contributed by atoms with Gasteiger partial charge in [0.05, 0.1) is 0 Å². The third-order valence-corrected chi connectivity index (χ3v) is 5.24. The van der Waals surface area contributed by atoms with Gasteiger partial charge in [-0.05, 0) is 32.8 Å². The summed E-state index contributed by atoms with van der Waals surface area (Å²) >= 11 is 0. The Kier molecular flexibility index (Phi) is 3.83. The third-order valence-electron chi connectivity index (χ3n) is 5.24. The molecule has 2 aliphatic rings. The number of hydrogen-bond donors (Lipinski definition) is 1. The monoisotopic (exact) mass is 276 g/mol. The van der Waals surface area contributed by atoms with E-state index < -0.39 is 0 Å². The van der Waals surface area contributed by atoms with Crippen LogP contribution in [0.5, 0.6) is 0 Å². The maximum absolute atomic E-state index is 14.0. The second kappa shape index (κ2) is 5.45. The SMILES string of the molecule is CC1CNC2(CCCC2)CN1C(C)c1ccccc1F. The van der Waals surface area contributed by atoms with E-state index in [1.807, 2.05) is 12.1 Å². The molecule has 3 rings (SSSR count). The highest BCUT2D eigenvalue weighted by Crippen LogP contribution is 2.36. The van der Waals surface area contributed by atoms with Crippen LogP contribution < -0.4 is 5.32 Å². The van der Waals surface area contributed by atoms with E-state index in [1.54, 1.807) is 12.1 Å². The first-order chi connectivity index (χ1) is 9.61. The maximum atomic E-state index is 14.0. The van der Waals surface area contributed by atoms with Crippen molar-refractivity contribution in [1.82, 2.24) is 10.2 Å². The number of halogens is 1. The molecule has 1 aromatic rings. The number of piperazine rings is 1. The zero-order valence-corrected chi connectivity index (χ0v) is 12.5. The van der Waals surface area contributed by atoms with Gasteiger partial charge < -0.3 is 5.32 Å². The molecule has 1 aliphatic carbocycles. The predicted octanol–water partition coefficient (Wildman–Crippen LogP) is 3.49. The lowest BCUT2D eigenvalue weighted by Crippen LogP contribution is -2.62. The summed E-state index contributed by atoms with van der Waals surface area (Å²) in [5, 5.41) is 3.76. The van der Waals surface area contributed by atoms with Gasteiger partial charge in [-0.15, -0.1) is 0 Å². The summed E-state index contributed by atoms with van der Waals surface area (Å²) in [6.07, 6.45) is 5.17. The van der Waals surface area contributed by atoms with Crippen molar-refractivity contribution in [3.63, 3.8) is 0 Å². The molecule has 1 saturated carbocycles. The van der Waals surface area contributed by atoms with Gasteiger partial charge in [-0.3, -0.25) is 4.90 Å². The van der Waals surface area contributed by atoms with Gasteiger partial charge in [0.1, 0.15) is 5.82 Å². The van der Waals surface area contributed by atoms with Crippen molar-refractivity contribution in [1.29, 1.82) is 0 Å². The lowest BCUT2D eigenvalue weighted by molar-refractivity contribution is 0.0551. The topological polar surface area (TPSA) is 15.3 Å². The standard InChI is InChI=1S/C17H25FN2/c1-13-11-19-17(9-5-6-10-17)12-20(13)14(2)15-7-3-4-8-16(15)18/h3-4,7-8,13-14,19H,5-6,9-12H2,1-2H3. The Bertz CT molecular complexity index is 468. The van der Waals surface area contributed by atoms with Crippen LogP contribution in [0.15, 0.2) is 24.3 Å². The quantitative estimate of drug-likeness (QED) is 0.889. The van der Waals surface area contributed by atoms with E-state index in [0.29, 0.717) is 6.04 Å². The van der Waals surface area contributed by atoms with E-state index >= 15 is 0 Å². The molecule has 1 saturated heterocycles. The molecule has 0 radical (unpaired) electrons. The number of hydrogen-bond acceptors (Lipinski definition) is 2. The molecule has 110 valence electrons. The minimum atomic E-state index is -0.0776. The fourth-order valence-electron chi connectivity index (χ4n) is 3.94. The Hall–Kier alpha value is -0.930. The molecule has 2 nitrogen and oxygen atoms in total. The van der Waals surface area contributed by atoms with E-state index in [0.717, 1.165) is 18.7 Å². The minimum Gasteiger partial charge on any atom is -0.308 e. The summed E-state index contributed by atoms with van der Waals surface area (Å²) < 4.78 is 14.0. The first-order valence-electron chi connectivity index (χ1n) is 7.86. The second-order valence-electron chi connectivity index (χ2n) is 6.59. The van der Waals surface area contributed by atoms with E-state index in [9.17, 15) is 4.39 Å². The largest absolute Gasteiger partial charge is 0.308 e. The molecule has 1 aliphatic heterocycles. The van der Waals surface area contributed by atoms with E-state index in [-0.39, 0.29) is 17.4 Å². The van der Waals surface area contributed by atoms with Crippen LogP contribution in [0.25, 0.3) is 0 Å². The second-order valence-corrected chi connectivity index (χ2v) is 6.59. The Morgan fingerprint density at radius 2 is 2.00 bits per heavy atom. The van der Waals surface area contributed by atoms with Gasteiger partial charge in [0, 0.05) is 36.3 Å². The summed E-state index contributed by atoms with van der Waals surface area (Å²) in [7, 11) is 0. The molecule has 2 atom stereocenters. The zero-order chi connectivity index (χ0) is 14.2. The van der Waals surface area contributed by atoms with Crippen LogP contribution in [0.2, 0.25) is 0 Å². The molecule has 1 N–H and O–H groups in total. The van der Waals surface area contributed by atoms with Crippen LogP contribution in [0.4, 0.5) is 4.39 Å². The minimum absolute atomic E-state index is 0.0776. The van der Waals surface area contributed by atoms with Gasteiger partial charge in [-0.1, -0.05) is 31.0 Å². The van der Waals surface area contributed by atoms with Gasteiger partial charge >= 0.3 is 0 Å². The zero-order valence-electron chi connectivity index (χ0n) is 12.5. The van der Waals surface area contributed by atoms with Crippen LogP contribution >= 0.6 is 0 Å². The maximum Gasteiger partial charge on any atom is 0.127 e. The molecule has 1 spiro atoms. The molecular formula is C17H25FN2. The van der Waals surface area contributed by atoms with Crippen LogP contribution in [-0.4, -0.2) is 29.6 Å². The van der Waals surface area contributed by atoms with Crippen LogP contribution in [0.3, 0.4) is 0 Å². The molecule has 1 heterocycles. The van der Waals surface area contributed by atoms with Crippen molar-refractivity contribution in [2.45, 2.75) is 57.2 Å². The van der Waals surface area contributed by atoms with Gasteiger partial charge in [0.15, 0.2) is 0 Å². The first-order valence-corrected chi connectivity index (χ1v) is 7.86. The van der Waals surface area contributed by atoms with E-state index in [1.165, 1.54) is 25.7 Å². The Balaban J connectivity index is 1.82. The Labute approximate surface area is 121 Å². The molecular weight excluding hydrogens is 251 g/mol. The highest BCUT2D eigenvalue weighted by molar-refractivity contribution is 5.21. The molecule has 0 bridgehead atoms. The van der Waals surface area contributed by atoms with Crippen molar-refractivity contribution in [3.8, 4) is 0 Å². The average molecular weight is 276 g/mol. The van der Waals surface area contributed by atoms with E-state index in [4.69, 9.17) is 0 Å². The van der Waals surface area contributed by atoms with Crippen molar-refractivity contribution in [3.05, 3.63) is 35.6 Å². The van der Waals surface area contributed by atoms with Gasteiger partial charge in [-0.2, -0.15) is 0 Å². The molecule has 2 unspecified atom stereocenters. The Morgan fingerprint density at radius 3 is 2.70 bits per heavy atom. The summed E-state index contributed by atoms with van der Waals surface area (Å²) in [4.78, 5) is 2.49.